The third-order valence-corrected chi connectivity index (χ3v) is 0.933. The Labute approximate surface area is 48.9 Å². The first-order chi connectivity index (χ1) is 3.79. The van der Waals surface area contributed by atoms with E-state index in [-0.39, 0.29) is 0 Å². The van der Waals surface area contributed by atoms with Gasteiger partial charge < -0.3 is 4.90 Å². The van der Waals surface area contributed by atoms with Gasteiger partial charge in [0.1, 0.15) is 6.34 Å². The first-order valence-electron chi connectivity index (χ1n) is 2.46. The van der Waals surface area contributed by atoms with Gasteiger partial charge in [0, 0.05) is 26.5 Å². The fraction of sp³-hybridized carbons (Fsp3) is 0.400. The highest BCUT2D eigenvalue weighted by atomic mass is 15.5. The van der Waals surface area contributed by atoms with Crippen LogP contribution >= 0.6 is 0 Å². The zero-order chi connectivity index (χ0) is 5.98. The van der Waals surface area contributed by atoms with Gasteiger partial charge in [-0.15, -0.1) is 0 Å². The molecule has 0 fully saturated rings. The Balaban J connectivity index is 2.54. The second-order valence-corrected chi connectivity index (χ2v) is 1.77. The Bertz CT molecular complexity index is 99.6. The van der Waals surface area contributed by atoms with Gasteiger partial charge in [0.05, 0.1) is 0 Å². The van der Waals surface area contributed by atoms with Crippen molar-refractivity contribution >= 4 is 6.34 Å². The molecule has 0 saturated heterocycles. The molecule has 0 unspecified atom stereocenters. The summed E-state index contributed by atoms with van der Waals surface area (Å²) >= 11 is 0. The van der Waals surface area contributed by atoms with E-state index in [0.29, 0.717) is 0 Å². The van der Waals surface area contributed by atoms with Crippen molar-refractivity contribution in [3.05, 3.63) is 12.4 Å². The third-order valence-electron chi connectivity index (χ3n) is 0.933. The van der Waals surface area contributed by atoms with E-state index in [1.165, 1.54) is 0 Å². The van der Waals surface area contributed by atoms with Gasteiger partial charge in [-0.05, 0) is 0 Å². The van der Waals surface area contributed by atoms with Crippen LogP contribution in [0.25, 0.3) is 0 Å². The first-order valence-corrected chi connectivity index (χ1v) is 2.46. The van der Waals surface area contributed by atoms with Crippen LogP contribution in [0.3, 0.4) is 0 Å². The molecule has 44 valence electrons. The molecule has 0 saturated carbocycles. The molecule has 3 nitrogen and oxygen atoms in total. The number of hydrogen-bond donors (Lipinski definition) is 0. The molecule has 0 aromatic rings. The summed E-state index contributed by atoms with van der Waals surface area (Å²) in [4.78, 5) is 1.89. The molecule has 0 spiro atoms. The maximum Gasteiger partial charge on any atom is 0.115 e. The number of nitrogens with zero attached hydrogens (tertiary/aromatic N) is 3. The summed E-state index contributed by atoms with van der Waals surface area (Å²) in [5.74, 6) is 0. The maximum atomic E-state index is 3.96. The van der Waals surface area contributed by atoms with Crippen molar-refractivity contribution in [1.82, 2.24) is 9.91 Å². The van der Waals surface area contributed by atoms with E-state index in [0.717, 1.165) is 0 Å². The minimum absolute atomic E-state index is 1.75. The fourth-order valence-electron chi connectivity index (χ4n) is 0.442. The second kappa shape index (κ2) is 1.86. The van der Waals surface area contributed by atoms with Gasteiger partial charge in [0.2, 0.25) is 0 Å². The molecule has 3 heteroatoms. The Morgan fingerprint density at radius 2 is 2.00 bits per heavy atom. The molecule has 1 aliphatic rings. The summed E-state index contributed by atoms with van der Waals surface area (Å²) in [6.45, 7) is 0. The Morgan fingerprint density at radius 1 is 1.25 bits per heavy atom. The quantitative estimate of drug-likeness (QED) is 0.447. The molecule has 1 heterocycles. The van der Waals surface area contributed by atoms with Gasteiger partial charge in [0.15, 0.2) is 0 Å². The van der Waals surface area contributed by atoms with Crippen molar-refractivity contribution in [1.29, 1.82) is 0 Å². The number of hydrogen-bond acceptors (Lipinski definition) is 3. The standard InChI is InChI=1S/C5H9N3/c1-7-3-4-8(2)6-5-7/h3-5H,1-2H3. The average Bonchev–Trinajstić information content (AvgIpc) is 1.77. The van der Waals surface area contributed by atoms with Crippen LogP contribution < -0.4 is 0 Å². The zero-order valence-corrected chi connectivity index (χ0v) is 5.07. The van der Waals surface area contributed by atoms with Crippen LogP contribution in [0.1, 0.15) is 0 Å². The van der Waals surface area contributed by atoms with E-state index >= 15 is 0 Å². The van der Waals surface area contributed by atoms with Gasteiger partial charge in [-0.2, -0.15) is 5.10 Å². The number of rotatable bonds is 0. The van der Waals surface area contributed by atoms with Gasteiger partial charge in [-0.1, -0.05) is 0 Å². The molecule has 0 aromatic heterocycles. The monoisotopic (exact) mass is 111 g/mol. The summed E-state index contributed by atoms with van der Waals surface area (Å²) in [5, 5.41) is 5.71. The Hall–Kier alpha value is -0.990. The summed E-state index contributed by atoms with van der Waals surface area (Å²) in [5.41, 5.74) is 0. The van der Waals surface area contributed by atoms with E-state index in [4.69, 9.17) is 0 Å². The molecule has 0 N–H and O–H groups in total. The minimum atomic E-state index is 1.75. The van der Waals surface area contributed by atoms with Crippen molar-refractivity contribution in [2.24, 2.45) is 5.10 Å². The summed E-state index contributed by atoms with van der Waals surface area (Å²) < 4.78 is 0. The predicted octanol–water partition coefficient (Wildman–Crippen LogP) is 0.278. The van der Waals surface area contributed by atoms with Gasteiger partial charge in [0.25, 0.3) is 0 Å². The first kappa shape index (κ1) is 5.15. The summed E-state index contributed by atoms with van der Waals surface area (Å²) in [6.07, 6.45) is 5.58. The van der Waals surface area contributed by atoms with E-state index in [2.05, 4.69) is 5.10 Å². The molecule has 0 aromatic carbocycles. The van der Waals surface area contributed by atoms with Crippen molar-refractivity contribution in [2.45, 2.75) is 0 Å². The van der Waals surface area contributed by atoms with Crippen molar-refractivity contribution in [3.63, 3.8) is 0 Å². The third kappa shape index (κ3) is 0.992. The van der Waals surface area contributed by atoms with Crippen molar-refractivity contribution in [3.8, 4) is 0 Å². The molecule has 1 aliphatic heterocycles. The predicted molar refractivity (Wildman–Crippen MR) is 33.2 cm³/mol. The van der Waals surface area contributed by atoms with Crippen LogP contribution in [-0.2, 0) is 0 Å². The van der Waals surface area contributed by atoms with Crippen LogP contribution in [-0.4, -0.2) is 30.3 Å². The lowest BCUT2D eigenvalue weighted by molar-refractivity contribution is 0.453. The average molecular weight is 111 g/mol. The van der Waals surface area contributed by atoms with Crippen LogP contribution in [0.5, 0.6) is 0 Å². The summed E-state index contributed by atoms with van der Waals surface area (Å²) in [7, 11) is 3.83. The van der Waals surface area contributed by atoms with E-state index in [9.17, 15) is 0 Å². The molecule has 0 amide bonds. The summed E-state index contributed by atoms with van der Waals surface area (Å²) in [6, 6.07) is 0. The van der Waals surface area contributed by atoms with Crippen LogP contribution in [0.4, 0.5) is 0 Å². The van der Waals surface area contributed by atoms with Crippen LogP contribution in [0.2, 0.25) is 0 Å². The molecule has 8 heavy (non-hydrogen) atoms. The van der Waals surface area contributed by atoms with Crippen molar-refractivity contribution in [2.75, 3.05) is 14.1 Å². The van der Waals surface area contributed by atoms with Crippen LogP contribution in [0.15, 0.2) is 17.5 Å². The van der Waals surface area contributed by atoms with Gasteiger partial charge >= 0.3 is 0 Å². The van der Waals surface area contributed by atoms with E-state index in [1.807, 2.05) is 31.4 Å². The van der Waals surface area contributed by atoms with Crippen LogP contribution in [0, 0.1) is 0 Å². The molecule has 0 radical (unpaired) electrons. The zero-order valence-electron chi connectivity index (χ0n) is 5.07. The van der Waals surface area contributed by atoms with Gasteiger partial charge in [-0.3, -0.25) is 5.01 Å². The van der Waals surface area contributed by atoms with E-state index in [1.54, 1.807) is 11.3 Å². The van der Waals surface area contributed by atoms with Crippen molar-refractivity contribution < 1.29 is 0 Å². The Kier molecular flexibility index (Phi) is 1.20. The molecule has 1 rings (SSSR count). The van der Waals surface area contributed by atoms with Gasteiger partial charge in [-0.25, -0.2) is 0 Å². The highest BCUT2D eigenvalue weighted by Crippen LogP contribution is 1.92. The SMILES string of the molecule is CN1C=CN(C)N=C1. The largest absolute Gasteiger partial charge is 0.339 e. The molecule has 0 bridgehead atoms. The lowest BCUT2D eigenvalue weighted by Crippen LogP contribution is -2.17. The highest BCUT2D eigenvalue weighted by Gasteiger charge is 1.91. The molecule has 0 atom stereocenters. The second-order valence-electron chi connectivity index (χ2n) is 1.77. The normalized spacial score (nSPS) is 17.8. The number of hydrazone groups is 1. The molecular weight excluding hydrogens is 102 g/mol. The highest BCUT2D eigenvalue weighted by molar-refractivity contribution is 5.56. The molecule has 0 aliphatic carbocycles. The van der Waals surface area contributed by atoms with E-state index < -0.39 is 0 Å². The Morgan fingerprint density at radius 3 is 2.38 bits per heavy atom. The fourth-order valence-corrected chi connectivity index (χ4v) is 0.442. The maximum absolute atomic E-state index is 3.96. The lowest BCUT2D eigenvalue weighted by Gasteiger charge is -2.15. The minimum Gasteiger partial charge on any atom is -0.339 e. The topological polar surface area (TPSA) is 18.8 Å². The smallest absolute Gasteiger partial charge is 0.115 e. The molecular formula is C5H9N3. The lowest BCUT2D eigenvalue weighted by atomic mass is 10.7.